The van der Waals surface area contributed by atoms with E-state index in [0.717, 1.165) is 43.6 Å². The standard InChI is InChI=1S/C17H26N2O3/c1-12(2)16-5-4-14(10-17(16)19(21)22)11-18-8-6-15(7-9-18)13(3)20/h4-5,10,12-13,15,20H,6-9,11H2,1-3H3. The third-order valence-corrected chi connectivity index (χ3v) is 4.63. The van der Waals surface area contributed by atoms with Gasteiger partial charge in [0.25, 0.3) is 5.69 Å². The molecule has 122 valence electrons. The molecule has 2 rings (SSSR count). The van der Waals surface area contributed by atoms with E-state index in [4.69, 9.17) is 0 Å². The van der Waals surface area contributed by atoms with E-state index in [1.54, 1.807) is 6.07 Å². The summed E-state index contributed by atoms with van der Waals surface area (Å²) in [7, 11) is 0. The third-order valence-electron chi connectivity index (χ3n) is 4.63. The molecule has 1 N–H and O–H groups in total. The van der Waals surface area contributed by atoms with Crippen LogP contribution in [0.5, 0.6) is 0 Å². The Bertz CT molecular complexity index is 521. The summed E-state index contributed by atoms with van der Waals surface area (Å²) in [6, 6.07) is 5.61. The Morgan fingerprint density at radius 3 is 2.45 bits per heavy atom. The molecule has 0 aromatic heterocycles. The summed E-state index contributed by atoms with van der Waals surface area (Å²) in [5, 5.41) is 20.9. The molecule has 22 heavy (non-hydrogen) atoms. The van der Waals surface area contributed by atoms with E-state index in [1.807, 2.05) is 32.9 Å². The fourth-order valence-electron chi connectivity index (χ4n) is 3.19. The second kappa shape index (κ2) is 7.20. The number of hydrogen-bond acceptors (Lipinski definition) is 4. The molecule has 1 aliphatic rings. The first kappa shape index (κ1) is 16.9. The van der Waals surface area contributed by atoms with Crippen molar-refractivity contribution >= 4 is 5.69 Å². The number of hydrogen-bond donors (Lipinski definition) is 1. The molecular formula is C17H26N2O3. The van der Waals surface area contributed by atoms with Gasteiger partial charge in [0.05, 0.1) is 11.0 Å². The predicted molar refractivity (Wildman–Crippen MR) is 86.9 cm³/mol. The maximum atomic E-state index is 11.3. The highest BCUT2D eigenvalue weighted by Gasteiger charge is 2.23. The number of piperidine rings is 1. The van der Waals surface area contributed by atoms with Crippen LogP contribution in [0.4, 0.5) is 5.69 Å². The monoisotopic (exact) mass is 306 g/mol. The van der Waals surface area contributed by atoms with Crippen molar-refractivity contribution in [2.24, 2.45) is 5.92 Å². The Hall–Kier alpha value is -1.46. The first-order valence-corrected chi connectivity index (χ1v) is 8.06. The molecule has 0 aliphatic carbocycles. The number of likely N-dealkylation sites (tertiary alicyclic amines) is 1. The van der Waals surface area contributed by atoms with Gasteiger partial charge in [0, 0.05) is 18.2 Å². The van der Waals surface area contributed by atoms with Crippen LogP contribution in [0.3, 0.4) is 0 Å². The molecule has 1 fully saturated rings. The second-order valence-corrected chi connectivity index (χ2v) is 6.66. The summed E-state index contributed by atoms with van der Waals surface area (Å²) in [6.07, 6.45) is 1.74. The zero-order chi connectivity index (χ0) is 16.3. The Labute approximate surface area is 132 Å². The Balaban J connectivity index is 2.05. The van der Waals surface area contributed by atoms with Crippen LogP contribution < -0.4 is 0 Å². The van der Waals surface area contributed by atoms with Crippen LogP contribution in [0.15, 0.2) is 18.2 Å². The minimum atomic E-state index is -0.279. The quantitative estimate of drug-likeness (QED) is 0.669. The van der Waals surface area contributed by atoms with Crippen LogP contribution in [0.1, 0.15) is 50.7 Å². The van der Waals surface area contributed by atoms with Gasteiger partial charge in [0.1, 0.15) is 0 Å². The van der Waals surface area contributed by atoms with Gasteiger partial charge in [-0.05, 0) is 50.3 Å². The van der Waals surface area contributed by atoms with Crippen molar-refractivity contribution < 1.29 is 10.0 Å². The molecule has 0 bridgehead atoms. The molecule has 1 heterocycles. The third kappa shape index (κ3) is 4.05. The summed E-state index contributed by atoms with van der Waals surface area (Å²) in [5.74, 6) is 0.533. The molecule has 1 aromatic carbocycles. The van der Waals surface area contributed by atoms with Gasteiger partial charge in [-0.25, -0.2) is 0 Å². The lowest BCUT2D eigenvalue weighted by atomic mass is 9.92. The molecule has 1 aromatic rings. The maximum absolute atomic E-state index is 11.3. The molecule has 1 aliphatic heterocycles. The summed E-state index contributed by atoms with van der Waals surface area (Å²) < 4.78 is 0. The molecule has 1 saturated heterocycles. The Morgan fingerprint density at radius 1 is 1.32 bits per heavy atom. The lowest BCUT2D eigenvalue weighted by Crippen LogP contribution is -2.36. The molecule has 0 saturated carbocycles. The highest BCUT2D eigenvalue weighted by Crippen LogP contribution is 2.28. The minimum absolute atomic E-state index is 0.149. The number of nitro groups is 1. The van der Waals surface area contributed by atoms with Crippen molar-refractivity contribution in [2.45, 2.75) is 52.2 Å². The number of rotatable bonds is 5. The molecule has 5 nitrogen and oxygen atoms in total. The van der Waals surface area contributed by atoms with Gasteiger partial charge in [-0.3, -0.25) is 15.0 Å². The van der Waals surface area contributed by atoms with E-state index in [1.165, 1.54) is 0 Å². The second-order valence-electron chi connectivity index (χ2n) is 6.66. The minimum Gasteiger partial charge on any atom is -0.393 e. The van der Waals surface area contributed by atoms with Gasteiger partial charge < -0.3 is 5.11 Å². The molecule has 1 atom stereocenters. The normalized spacial score (nSPS) is 18.6. The van der Waals surface area contributed by atoms with E-state index >= 15 is 0 Å². The zero-order valence-electron chi connectivity index (χ0n) is 13.7. The van der Waals surface area contributed by atoms with Crippen molar-refractivity contribution in [2.75, 3.05) is 13.1 Å². The molecule has 0 spiro atoms. The molecule has 0 radical (unpaired) electrons. The smallest absolute Gasteiger partial charge is 0.273 e. The van der Waals surface area contributed by atoms with Gasteiger partial charge >= 0.3 is 0 Å². The number of nitrogens with zero attached hydrogens (tertiary/aromatic N) is 2. The number of aliphatic hydroxyl groups is 1. The zero-order valence-corrected chi connectivity index (χ0v) is 13.7. The number of benzene rings is 1. The van der Waals surface area contributed by atoms with Crippen LogP contribution in [0, 0.1) is 16.0 Å². The maximum Gasteiger partial charge on any atom is 0.273 e. The van der Waals surface area contributed by atoms with Crippen LogP contribution in [-0.2, 0) is 6.54 Å². The molecular weight excluding hydrogens is 280 g/mol. The molecule has 5 heteroatoms. The van der Waals surface area contributed by atoms with Crippen LogP contribution in [-0.4, -0.2) is 34.1 Å². The fraction of sp³-hybridized carbons (Fsp3) is 0.647. The van der Waals surface area contributed by atoms with Crippen molar-refractivity contribution in [1.82, 2.24) is 4.90 Å². The van der Waals surface area contributed by atoms with E-state index in [0.29, 0.717) is 5.92 Å². The van der Waals surface area contributed by atoms with Gasteiger partial charge in [-0.2, -0.15) is 0 Å². The summed E-state index contributed by atoms with van der Waals surface area (Å²) >= 11 is 0. The topological polar surface area (TPSA) is 66.6 Å². The van der Waals surface area contributed by atoms with Crippen molar-refractivity contribution in [3.8, 4) is 0 Å². The SMILES string of the molecule is CC(C)c1ccc(CN2CCC(C(C)O)CC2)cc1[N+](=O)[O-]. The summed E-state index contributed by atoms with van der Waals surface area (Å²) in [6.45, 7) is 8.43. The Morgan fingerprint density at radius 2 is 1.95 bits per heavy atom. The largest absolute Gasteiger partial charge is 0.393 e. The lowest BCUT2D eigenvalue weighted by Gasteiger charge is -2.33. The highest BCUT2D eigenvalue weighted by molar-refractivity contribution is 5.45. The van der Waals surface area contributed by atoms with Crippen LogP contribution in [0.25, 0.3) is 0 Å². The molecule has 1 unspecified atom stereocenters. The summed E-state index contributed by atoms with van der Waals surface area (Å²) in [4.78, 5) is 13.3. The average Bonchev–Trinajstić information content (AvgIpc) is 2.47. The predicted octanol–water partition coefficient (Wildman–Crippen LogP) is 3.31. The van der Waals surface area contributed by atoms with Crippen LogP contribution in [0.2, 0.25) is 0 Å². The molecule has 0 amide bonds. The van der Waals surface area contributed by atoms with Crippen molar-refractivity contribution in [3.05, 3.63) is 39.4 Å². The highest BCUT2D eigenvalue weighted by atomic mass is 16.6. The van der Waals surface area contributed by atoms with Gasteiger partial charge in [-0.1, -0.05) is 26.0 Å². The first-order chi connectivity index (χ1) is 10.4. The van der Waals surface area contributed by atoms with Gasteiger partial charge in [-0.15, -0.1) is 0 Å². The van der Waals surface area contributed by atoms with E-state index in [9.17, 15) is 15.2 Å². The van der Waals surface area contributed by atoms with Crippen LogP contribution >= 0.6 is 0 Å². The first-order valence-electron chi connectivity index (χ1n) is 8.06. The lowest BCUT2D eigenvalue weighted by molar-refractivity contribution is -0.385. The number of aliphatic hydroxyl groups excluding tert-OH is 1. The number of nitro benzene ring substituents is 1. The van der Waals surface area contributed by atoms with Crippen molar-refractivity contribution in [3.63, 3.8) is 0 Å². The average molecular weight is 306 g/mol. The fourth-order valence-corrected chi connectivity index (χ4v) is 3.19. The van der Waals surface area contributed by atoms with E-state index in [2.05, 4.69) is 4.90 Å². The van der Waals surface area contributed by atoms with E-state index in [-0.39, 0.29) is 22.6 Å². The summed E-state index contributed by atoms with van der Waals surface area (Å²) in [5.41, 5.74) is 2.01. The van der Waals surface area contributed by atoms with E-state index < -0.39 is 0 Å². The van der Waals surface area contributed by atoms with Gasteiger partial charge in [0.2, 0.25) is 0 Å². The van der Waals surface area contributed by atoms with Gasteiger partial charge in [0.15, 0.2) is 0 Å². The Kier molecular flexibility index (Phi) is 5.53. The van der Waals surface area contributed by atoms with Crippen molar-refractivity contribution in [1.29, 1.82) is 0 Å².